The van der Waals surface area contributed by atoms with E-state index < -0.39 is 10.9 Å². The fraction of sp³-hybridized carbons (Fsp3) is 0.308. The first-order chi connectivity index (χ1) is 9.57. The minimum atomic E-state index is -1.22. The lowest BCUT2D eigenvalue weighted by Crippen LogP contribution is -2.14. The van der Waals surface area contributed by atoms with E-state index in [2.05, 4.69) is 11.9 Å². The summed E-state index contributed by atoms with van der Waals surface area (Å²) in [6.45, 7) is 4.66. The Kier molecular flexibility index (Phi) is 6.18. The third kappa shape index (κ3) is 4.36. The zero-order chi connectivity index (χ0) is 15.0. The molecule has 0 spiro atoms. The van der Waals surface area contributed by atoms with Gasteiger partial charge in [0.05, 0.1) is 23.7 Å². The van der Waals surface area contributed by atoms with Crippen molar-refractivity contribution in [1.29, 1.82) is 0 Å². The van der Waals surface area contributed by atoms with E-state index in [4.69, 9.17) is 9.84 Å². The molecular formula is C13H16N2O5. The standard InChI is InChI=1S/C13H16N2O5/c1-2-3-8-20-9-7-14-12-10(13(16)17)5-4-6-11(12)15(18)19/h2,4-6,14H,1,3,7-9H2,(H,16,17). The zero-order valence-electron chi connectivity index (χ0n) is 10.9. The Bertz CT molecular complexity index is 469. The second-order valence-electron chi connectivity index (χ2n) is 3.88. The molecule has 7 heteroatoms. The molecule has 0 aromatic heterocycles. The van der Waals surface area contributed by atoms with Gasteiger partial charge < -0.3 is 15.2 Å². The number of nitro benzene ring substituents is 1. The molecule has 2 N–H and O–H groups in total. The monoisotopic (exact) mass is 280 g/mol. The number of hydrogen-bond acceptors (Lipinski definition) is 5. The lowest BCUT2D eigenvalue weighted by atomic mass is 10.1. The molecule has 0 heterocycles. The molecule has 0 saturated heterocycles. The Morgan fingerprint density at radius 2 is 2.25 bits per heavy atom. The molecule has 0 aliphatic carbocycles. The molecule has 108 valence electrons. The van der Waals surface area contributed by atoms with Gasteiger partial charge in [-0.1, -0.05) is 12.1 Å². The van der Waals surface area contributed by atoms with Gasteiger partial charge in [0.1, 0.15) is 5.69 Å². The maximum atomic E-state index is 11.1. The van der Waals surface area contributed by atoms with Gasteiger partial charge in [0.15, 0.2) is 0 Å². The molecule has 0 unspecified atom stereocenters. The van der Waals surface area contributed by atoms with Crippen LogP contribution in [0.15, 0.2) is 30.9 Å². The van der Waals surface area contributed by atoms with Gasteiger partial charge in [-0.2, -0.15) is 0 Å². The summed E-state index contributed by atoms with van der Waals surface area (Å²) in [7, 11) is 0. The molecular weight excluding hydrogens is 264 g/mol. The first kappa shape index (κ1) is 15.6. The van der Waals surface area contributed by atoms with Crippen molar-refractivity contribution in [3.63, 3.8) is 0 Å². The SMILES string of the molecule is C=CCCOCCNc1c(C(=O)O)cccc1[N+](=O)[O-]. The van der Waals surface area contributed by atoms with E-state index in [0.717, 1.165) is 0 Å². The molecule has 0 saturated carbocycles. The van der Waals surface area contributed by atoms with Crippen LogP contribution >= 0.6 is 0 Å². The fourth-order valence-electron chi connectivity index (χ4n) is 1.57. The van der Waals surface area contributed by atoms with Crippen molar-refractivity contribution in [3.05, 3.63) is 46.5 Å². The van der Waals surface area contributed by atoms with Gasteiger partial charge in [0.2, 0.25) is 0 Å². The van der Waals surface area contributed by atoms with Gasteiger partial charge in [0.25, 0.3) is 5.69 Å². The predicted octanol–water partition coefficient (Wildman–Crippen LogP) is 2.30. The van der Waals surface area contributed by atoms with Gasteiger partial charge in [-0.25, -0.2) is 4.79 Å². The van der Waals surface area contributed by atoms with Crippen LogP contribution in [0.3, 0.4) is 0 Å². The molecule has 1 rings (SSSR count). The second-order valence-corrected chi connectivity index (χ2v) is 3.88. The Labute approximate surface area is 116 Å². The molecule has 0 aliphatic rings. The Balaban J connectivity index is 2.73. The predicted molar refractivity (Wildman–Crippen MR) is 74.2 cm³/mol. The van der Waals surface area contributed by atoms with Crippen molar-refractivity contribution >= 4 is 17.3 Å². The van der Waals surface area contributed by atoms with E-state index >= 15 is 0 Å². The summed E-state index contributed by atoms with van der Waals surface area (Å²) in [6, 6.07) is 3.91. The van der Waals surface area contributed by atoms with Crippen LogP contribution in [0.2, 0.25) is 0 Å². The summed E-state index contributed by atoms with van der Waals surface area (Å²) in [5, 5.41) is 22.7. The number of ether oxygens (including phenoxy) is 1. The van der Waals surface area contributed by atoms with Crippen LogP contribution in [-0.4, -0.2) is 35.8 Å². The third-order valence-corrected chi connectivity index (χ3v) is 2.48. The minimum absolute atomic E-state index is 0.00248. The number of rotatable bonds is 9. The van der Waals surface area contributed by atoms with Gasteiger partial charge in [0, 0.05) is 12.6 Å². The number of benzene rings is 1. The summed E-state index contributed by atoms with van der Waals surface area (Å²) in [5.41, 5.74) is -0.404. The van der Waals surface area contributed by atoms with Gasteiger partial charge in [-0.15, -0.1) is 6.58 Å². The average molecular weight is 280 g/mol. The van der Waals surface area contributed by atoms with E-state index in [1.165, 1.54) is 18.2 Å². The molecule has 0 atom stereocenters. The number of nitro groups is 1. The number of anilines is 1. The smallest absolute Gasteiger partial charge is 0.338 e. The highest BCUT2D eigenvalue weighted by atomic mass is 16.6. The summed E-state index contributed by atoms with van der Waals surface area (Å²) < 4.78 is 5.25. The molecule has 0 fully saturated rings. The average Bonchev–Trinajstić information content (AvgIpc) is 2.42. The molecule has 0 aliphatic heterocycles. The first-order valence-corrected chi connectivity index (χ1v) is 6.01. The maximum Gasteiger partial charge on any atom is 0.338 e. The first-order valence-electron chi connectivity index (χ1n) is 6.01. The Morgan fingerprint density at radius 3 is 2.85 bits per heavy atom. The highest BCUT2D eigenvalue weighted by Crippen LogP contribution is 2.28. The number of carbonyl (C=O) groups is 1. The van der Waals surface area contributed by atoms with Crippen LogP contribution < -0.4 is 5.32 Å². The van der Waals surface area contributed by atoms with Crippen molar-refractivity contribution in [1.82, 2.24) is 0 Å². The lowest BCUT2D eigenvalue weighted by Gasteiger charge is -2.10. The van der Waals surface area contributed by atoms with Gasteiger partial charge in [-0.3, -0.25) is 10.1 Å². The number of nitrogens with one attached hydrogen (secondary N) is 1. The van der Waals surface area contributed by atoms with Gasteiger partial charge >= 0.3 is 5.97 Å². The van der Waals surface area contributed by atoms with E-state index in [0.29, 0.717) is 19.6 Å². The summed E-state index contributed by atoms with van der Waals surface area (Å²) in [6.07, 6.45) is 2.43. The van der Waals surface area contributed by atoms with Crippen LogP contribution in [0, 0.1) is 10.1 Å². The number of hydrogen-bond donors (Lipinski definition) is 2. The normalized spacial score (nSPS) is 10.0. The largest absolute Gasteiger partial charge is 0.478 e. The van der Waals surface area contributed by atoms with Crippen molar-refractivity contribution in [2.24, 2.45) is 0 Å². The van der Waals surface area contributed by atoms with Crippen molar-refractivity contribution in [2.45, 2.75) is 6.42 Å². The molecule has 0 amide bonds. The zero-order valence-corrected chi connectivity index (χ0v) is 10.9. The van der Waals surface area contributed by atoms with Crippen LogP contribution in [0.25, 0.3) is 0 Å². The quantitative estimate of drug-likeness (QED) is 0.311. The number of carboxylic acids is 1. The number of nitrogens with zero attached hydrogens (tertiary/aromatic N) is 1. The number of para-hydroxylation sites is 1. The van der Waals surface area contributed by atoms with Crippen molar-refractivity contribution in [3.8, 4) is 0 Å². The fourth-order valence-corrected chi connectivity index (χ4v) is 1.57. The van der Waals surface area contributed by atoms with Crippen LogP contribution in [0.4, 0.5) is 11.4 Å². The molecule has 7 nitrogen and oxygen atoms in total. The van der Waals surface area contributed by atoms with Crippen LogP contribution in [0.1, 0.15) is 16.8 Å². The minimum Gasteiger partial charge on any atom is -0.478 e. The van der Waals surface area contributed by atoms with E-state index in [9.17, 15) is 14.9 Å². The summed E-state index contributed by atoms with van der Waals surface area (Å²) in [4.78, 5) is 21.3. The molecule has 1 aromatic carbocycles. The van der Waals surface area contributed by atoms with Crippen LogP contribution in [-0.2, 0) is 4.74 Å². The summed E-state index contributed by atoms with van der Waals surface area (Å²) >= 11 is 0. The Hall–Kier alpha value is -2.41. The molecule has 20 heavy (non-hydrogen) atoms. The van der Waals surface area contributed by atoms with Gasteiger partial charge in [-0.05, 0) is 12.5 Å². The third-order valence-electron chi connectivity index (χ3n) is 2.48. The molecule has 0 radical (unpaired) electrons. The number of carboxylic acid groups (broad SMARTS) is 1. The highest BCUT2D eigenvalue weighted by molar-refractivity contribution is 5.96. The topological polar surface area (TPSA) is 102 Å². The van der Waals surface area contributed by atoms with Crippen molar-refractivity contribution in [2.75, 3.05) is 25.1 Å². The lowest BCUT2D eigenvalue weighted by molar-refractivity contribution is -0.384. The van der Waals surface area contributed by atoms with E-state index in [1.54, 1.807) is 6.08 Å². The van der Waals surface area contributed by atoms with Crippen molar-refractivity contribution < 1.29 is 19.6 Å². The van der Waals surface area contributed by atoms with E-state index in [1.807, 2.05) is 0 Å². The highest BCUT2D eigenvalue weighted by Gasteiger charge is 2.20. The summed E-state index contributed by atoms with van der Waals surface area (Å²) in [5.74, 6) is -1.22. The molecule has 1 aromatic rings. The second kappa shape index (κ2) is 7.90. The van der Waals surface area contributed by atoms with Crippen LogP contribution in [0.5, 0.6) is 0 Å². The molecule has 0 bridgehead atoms. The van der Waals surface area contributed by atoms with E-state index in [-0.39, 0.29) is 23.5 Å². The Morgan fingerprint density at radius 1 is 1.50 bits per heavy atom. The number of aromatic carboxylic acids is 1. The maximum absolute atomic E-state index is 11.1.